The monoisotopic (exact) mass is 463 g/mol. The first kappa shape index (κ1) is 22.3. The molecule has 35 heavy (non-hydrogen) atoms. The molecule has 0 unspecified atom stereocenters. The van der Waals surface area contributed by atoms with Gasteiger partial charge < -0.3 is 10.1 Å². The van der Waals surface area contributed by atoms with Crippen molar-refractivity contribution in [3.05, 3.63) is 108 Å². The fourth-order valence-electron chi connectivity index (χ4n) is 4.18. The van der Waals surface area contributed by atoms with E-state index >= 15 is 0 Å². The molecule has 2 heterocycles. The maximum atomic E-state index is 13.6. The van der Waals surface area contributed by atoms with Crippen LogP contribution < -0.4 is 10.1 Å². The van der Waals surface area contributed by atoms with E-state index in [1.165, 1.54) is 4.90 Å². The Bertz CT molecular complexity index is 1410. The molecule has 5 rings (SSSR count). The zero-order valence-electron chi connectivity index (χ0n) is 19.4. The third-order valence-corrected chi connectivity index (χ3v) is 5.92. The van der Waals surface area contributed by atoms with Gasteiger partial charge in [0.15, 0.2) is 0 Å². The number of hydrogen-bond acceptors (Lipinski definition) is 5. The van der Waals surface area contributed by atoms with Gasteiger partial charge in [-0.3, -0.25) is 19.5 Å². The van der Waals surface area contributed by atoms with Gasteiger partial charge >= 0.3 is 0 Å². The van der Waals surface area contributed by atoms with E-state index in [0.29, 0.717) is 17.7 Å². The molecule has 1 aliphatic heterocycles. The van der Waals surface area contributed by atoms with E-state index in [2.05, 4.69) is 10.3 Å². The van der Waals surface area contributed by atoms with Crippen LogP contribution in [-0.2, 0) is 16.1 Å². The first-order valence-electron chi connectivity index (χ1n) is 11.6. The highest BCUT2D eigenvalue weighted by Crippen LogP contribution is 2.34. The second-order valence-electron chi connectivity index (χ2n) is 8.33. The maximum absolute atomic E-state index is 13.6. The Labute approximate surface area is 203 Å². The third-order valence-electron chi connectivity index (χ3n) is 5.92. The lowest BCUT2D eigenvalue weighted by Crippen LogP contribution is -2.32. The van der Waals surface area contributed by atoms with Crippen LogP contribution in [0.25, 0.3) is 16.3 Å². The number of aromatic nitrogens is 1. The Balaban J connectivity index is 1.55. The summed E-state index contributed by atoms with van der Waals surface area (Å²) in [6, 6.07) is 24.7. The van der Waals surface area contributed by atoms with Gasteiger partial charge in [0.2, 0.25) is 0 Å². The van der Waals surface area contributed by atoms with Crippen molar-refractivity contribution in [1.29, 1.82) is 0 Å². The average molecular weight is 464 g/mol. The molecule has 174 valence electrons. The topological polar surface area (TPSA) is 71.5 Å². The van der Waals surface area contributed by atoms with Gasteiger partial charge in [0, 0.05) is 23.5 Å². The number of ether oxygens (including phenoxy) is 1. The molecule has 0 fully saturated rings. The van der Waals surface area contributed by atoms with Gasteiger partial charge in [-0.25, -0.2) is 0 Å². The molecule has 0 atom stereocenters. The van der Waals surface area contributed by atoms with E-state index in [1.807, 2.05) is 73.7 Å². The molecule has 1 N–H and O–H groups in total. The summed E-state index contributed by atoms with van der Waals surface area (Å²) < 4.78 is 5.69. The fraction of sp³-hybridized carbons (Fsp3) is 0.138. The van der Waals surface area contributed by atoms with Gasteiger partial charge in [-0.05, 0) is 53.3 Å². The number of nitrogens with zero attached hydrogens (tertiary/aromatic N) is 2. The Morgan fingerprint density at radius 2 is 1.60 bits per heavy atom. The Hall–Kier alpha value is -4.45. The van der Waals surface area contributed by atoms with Crippen molar-refractivity contribution in [2.75, 3.05) is 11.9 Å². The summed E-state index contributed by atoms with van der Waals surface area (Å²) in [6.45, 7) is 2.83. The fourth-order valence-corrected chi connectivity index (χ4v) is 4.18. The van der Waals surface area contributed by atoms with Crippen LogP contribution in [0.2, 0.25) is 0 Å². The number of amides is 2. The zero-order chi connectivity index (χ0) is 24.2. The molecule has 0 spiro atoms. The van der Waals surface area contributed by atoms with Crippen LogP contribution in [0.5, 0.6) is 5.75 Å². The number of carbonyl (C=O) groups is 2. The van der Waals surface area contributed by atoms with Crippen LogP contribution in [0.1, 0.15) is 24.5 Å². The minimum atomic E-state index is -0.360. The Kier molecular flexibility index (Phi) is 6.26. The highest BCUT2D eigenvalue weighted by molar-refractivity contribution is 6.36. The van der Waals surface area contributed by atoms with Crippen molar-refractivity contribution < 1.29 is 14.3 Å². The van der Waals surface area contributed by atoms with E-state index in [0.717, 1.165) is 34.2 Å². The highest BCUT2D eigenvalue weighted by atomic mass is 16.5. The lowest BCUT2D eigenvalue weighted by Gasteiger charge is -2.15. The molecule has 0 radical (unpaired) electrons. The molecule has 0 aliphatic carbocycles. The van der Waals surface area contributed by atoms with Crippen molar-refractivity contribution in [2.24, 2.45) is 0 Å². The summed E-state index contributed by atoms with van der Waals surface area (Å²) in [5.41, 5.74) is 2.87. The van der Waals surface area contributed by atoms with Crippen molar-refractivity contribution >= 4 is 33.8 Å². The SMILES string of the molecule is CCCOc1ccc(C2=C(Nc3cccc4ccccc34)C(=O)N(Cc3ccncc3)C2=O)cc1. The standard InChI is InChI=1S/C29H25N3O3/c1-2-18-35-23-12-10-22(11-13-23)26-27(31-25-9-5-7-21-6-3-4-8-24(21)25)29(34)32(28(26)33)19-20-14-16-30-17-15-20/h3-17,31H,2,18-19H2,1H3. The van der Waals surface area contributed by atoms with E-state index in [-0.39, 0.29) is 24.1 Å². The van der Waals surface area contributed by atoms with Crippen molar-refractivity contribution in [3.63, 3.8) is 0 Å². The smallest absolute Gasteiger partial charge is 0.278 e. The molecule has 1 aliphatic rings. The summed E-state index contributed by atoms with van der Waals surface area (Å²) in [5, 5.41) is 5.32. The van der Waals surface area contributed by atoms with Gasteiger partial charge in [-0.15, -0.1) is 0 Å². The number of imide groups is 1. The van der Waals surface area contributed by atoms with E-state index < -0.39 is 0 Å². The zero-order valence-corrected chi connectivity index (χ0v) is 19.4. The quantitative estimate of drug-likeness (QED) is 0.354. The number of fused-ring (bicyclic) bond motifs is 1. The number of nitrogens with one attached hydrogen (secondary N) is 1. The van der Waals surface area contributed by atoms with Crippen molar-refractivity contribution in [2.45, 2.75) is 19.9 Å². The van der Waals surface area contributed by atoms with Crippen LogP contribution in [-0.4, -0.2) is 28.3 Å². The molecule has 0 saturated heterocycles. The molecule has 0 bridgehead atoms. The first-order valence-corrected chi connectivity index (χ1v) is 11.6. The molecule has 3 aromatic carbocycles. The predicted octanol–water partition coefficient (Wildman–Crippen LogP) is 5.42. The van der Waals surface area contributed by atoms with Crippen LogP contribution >= 0.6 is 0 Å². The van der Waals surface area contributed by atoms with Gasteiger partial charge in [-0.2, -0.15) is 0 Å². The van der Waals surface area contributed by atoms with E-state index in [4.69, 9.17) is 4.74 Å². The number of pyridine rings is 1. The normalized spacial score (nSPS) is 13.6. The summed E-state index contributed by atoms with van der Waals surface area (Å²) in [7, 11) is 0. The average Bonchev–Trinajstić information content (AvgIpc) is 3.13. The maximum Gasteiger partial charge on any atom is 0.278 e. The van der Waals surface area contributed by atoms with Gasteiger partial charge in [-0.1, -0.05) is 55.5 Å². The van der Waals surface area contributed by atoms with Crippen LogP contribution in [0.3, 0.4) is 0 Å². The van der Waals surface area contributed by atoms with Crippen LogP contribution in [0.4, 0.5) is 5.69 Å². The molecule has 2 amide bonds. The molecule has 0 saturated carbocycles. The third kappa shape index (κ3) is 4.51. The number of anilines is 1. The number of rotatable bonds is 8. The predicted molar refractivity (Wildman–Crippen MR) is 137 cm³/mol. The second kappa shape index (κ2) is 9.81. The second-order valence-corrected chi connectivity index (χ2v) is 8.33. The summed E-state index contributed by atoms with van der Waals surface area (Å²) in [6.07, 6.45) is 4.21. The first-order chi connectivity index (χ1) is 17.2. The van der Waals surface area contributed by atoms with Crippen molar-refractivity contribution in [3.8, 4) is 5.75 Å². The van der Waals surface area contributed by atoms with Gasteiger partial charge in [0.25, 0.3) is 11.8 Å². The summed E-state index contributed by atoms with van der Waals surface area (Å²) in [5.74, 6) is 0.0306. The lowest BCUT2D eigenvalue weighted by atomic mass is 10.0. The van der Waals surface area contributed by atoms with Gasteiger partial charge in [0.1, 0.15) is 11.4 Å². The molecule has 6 nitrogen and oxygen atoms in total. The Morgan fingerprint density at radius 3 is 2.37 bits per heavy atom. The molecular weight excluding hydrogens is 438 g/mol. The van der Waals surface area contributed by atoms with E-state index in [9.17, 15) is 9.59 Å². The number of carbonyl (C=O) groups excluding carboxylic acids is 2. The molecule has 4 aromatic rings. The molecular formula is C29H25N3O3. The Morgan fingerprint density at radius 1 is 0.857 bits per heavy atom. The van der Waals surface area contributed by atoms with Gasteiger partial charge in [0.05, 0.1) is 18.7 Å². The van der Waals surface area contributed by atoms with Crippen LogP contribution in [0.15, 0.2) is 97.0 Å². The van der Waals surface area contributed by atoms with Crippen LogP contribution in [0, 0.1) is 0 Å². The highest BCUT2D eigenvalue weighted by Gasteiger charge is 2.39. The van der Waals surface area contributed by atoms with Crippen molar-refractivity contribution in [1.82, 2.24) is 9.88 Å². The molecule has 6 heteroatoms. The summed E-state index contributed by atoms with van der Waals surface area (Å²) >= 11 is 0. The number of benzene rings is 3. The summed E-state index contributed by atoms with van der Waals surface area (Å²) in [4.78, 5) is 32.5. The lowest BCUT2D eigenvalue weighted by molar-refractivity contribution is -0.137. The largest absolute Gasteiger partial charge is 0.494 e. The molecule has 1 aromatic heterocycles. The van der Waals surface area contributed by atoms with E-state index in [1.54, 1.807) is 24.5 Å². The number of hydrogen-bond donors (Lipinski definition) is 1. The minimum Gasteiger partial charge on any atom is -0.494 e. The minimum absolute atomic E-state index is 0.169.